The van der Waals surface area contributed by atoms with E-state index in [1.807, 2.05) is 18.2 Å². The molecule has 3 aromatic rings. The zero-order valence-electron chi connectivity index (χ0n) is 14.7. The van der Waals surface area contributed by atoms with Gasteiger partial charge in [0.05, 0.1) is 17.8 Å². The van der Waals surface area contributed by atoms with Crippen molar-refractivity contribution >= 4 is 40.5 Å². The van der Waals surface area contributed by atoms with Crippen LogP contribution < -0.4 is 16.0 Å². The number of benzene rings is 3. The molecule has 0 aliphatic carbocycles. The highest BCUT2D eigenvalue weighted by Crippen LogP contribution is 2.20. The number of rotatable bonds is 6. The molecule has 0 heterocycles. The molecule has 0 saturated heterocycles. The number of hydrogen-bond donors (Lipinski definition) is 3. The van der Waals surface area contributed by atoms with E-state index < -0.39 is 11.7 Å². The van der Waals surface area contributed by atoms with Crippen LogP contribution >= 0.6 is 11.6 Å². The Hall–Kier alpha value is -3.38. The van der Waals surface area contributed by atoms with E-state index in [1.165, 1.54) is 18.2 Å². The van der Waals surface area contributed by atoms with Gasteiger partial charge in [0, 0.05) is 16.4 Å². The van der Waals surface area contributed by atoms with Crippen molar-refractivity contribution in [3.8, 4) is 0 Å². The molecule has 0 aromatic heterocycles. The Kier molecular flexibility index (Phi) is 6.24. The molecule has 3 N–H and O–H groups in total. The minimum Gasteiger partial charge on any atom is -0.376 e. The van der Waals surface area contributed by atoms with Crippen LogP contribution in [0.2, 0.25) is 5.02 Å². The fourth-order valence-electron chi connectivity index (χ4n) is 2.52. The number of amides is 2. The highest BCUT2D eigenvalue weighted by molar-refractivity contribution is 6.30. The third-order valence-corrected chi connectivity index (χ3v) is 4.08. The third kappa shape index (κ3) is 5.08. The number of para-hydroxylation sites is 2. The van der Waals surface area contributed by atoms with E-state index in [2.05, 4.69) is 16.0 Å². The molecule has 0 radical (unpaired) electrons. The molecule has 142 valence electrons. The summed E-state index contributed by atoms with van der Waals surface area (Å²) in [5, 5.41) is 8.46. The molecule has 0 spiro atoms. The summed E-state index contributed by atoms with van der Waals surface area (Å²) in [7, 11) is 0. The Bertz CT molecular complexity index is 996. The second-order valence-corrected chi connectivity index (χ2v) is 6.33. The first-order chi connectivity index (χ1) is 13.5. The van der Waals surface area contributed by atoms with Crippen LogP contribution in [0.15, 0.2) is 72.8 Å². The molecule has 0 aliphatic heterocycles. The molecule has 3 rings (SSSR count). The van der Waals surface area contributed by atoms with Crippen LogP contribution in [0.4, 0.5) is 21.5 Å². The number of carbonyl (C=O) groups excluding carboxylic acids is 2. The average molecular weight is 398 g/mol. The molecule has 0 saturated carbocycles. The molecule has 3 aromatic carbocycles. The molecule has 7 heteroatoms. The van der Waals surface area contributed by atoms with E-state index in [-0.39, 0.29) is 18.1 Å². The van der Waals surface area contributed by atoms with Gasteiger partial charge in [-0.3, -0.25) is 9.59 Å². The SMILES string of the molecule is O=C(CNc1ccccc1C(=O)Nc1ccccc1)Nc1cc(Cl)ccc1F. The Morgan fingerprint density at radius 2 is 1.57 bits per heavy atom. The zero-order valence-corrected chi connectivity index (χ0v) is 15.5. The minimum absolute atomic E-state index is 0.00518. The van der Waals surface area contributed by atoms with Gasteiger partial charge in [0.15, 0.2) is 0 Å². The van der Waals surface area contributed by atoms with Crippen molar-refractivity contribution < 1.29 is 14.0 Å². The lowest BCUT2D eigenvalue weighted by molar-refractivity contribution is -0.114. The van der Waals surface area contributed by atoms with Crippen LogP contribution in [0.3, 0.4) is 0 Å². The first kappa shape index (κ1) is 19.4. The van der Waals surface area contributed by atoms with E-state index in [9.17, 15) is 14.0 Å². The summed E-state index contributed by atoms with van der Waals surface area (Å²) in [6.07, 6.45) is 0. The second kappa shape index (κ2) is 9.01. The number of hydrogen-bond acceptors (Lipinski definition) is 3. The van der Waals surface area contributed by atoms with Gasteiger partial charge in [-0.05, 0) is 42.5 Å². The van der Waals surface area contributed by atoms with Gasteiger partial charge >= 0.3 is 0 Å². The fraction of sp³-hybridized carbons (Fsp3) is 0.0476. The van der Waals surface area contributed by atoms with Gasteiger partial charge in [-0.1, -0.05) is 41.9 Å². The topological polar surface area (TPSA) is 70.2 Å². The van der Waals surface area contributed by atoms with Crippen LogP contribution in [0.25, 0.3) is 0 Å². The summed E-state index contributed by atoms with van der Waals surface area (Å²) in [6.45, 7) is -0.151. The van der Waals surface area contributed by atoms with E-state index in [4.69, 9.17) is 11.6 Å². The standard InChI is InChI=1S/C21H17ClFN3O2/c22-14-10-11-17(23)19(12-14)26-20(27)13-24-18-9-5-4-8-16(18)21(28)25-15-6-2-1-3-7-15/h1-12,24H,13H2,(H,25,28)(H,26,27). The maximum atomic E-state index is 13.7. The van der Waals surface area contributed by atoms with Gasteiger partial charge in [0.25, 0.3) is 5.91 Å². The Balaban J connectivity index is 1.65. The van der Waals surface area contributed by atoms with Crippen molar-refractivity contribution in [3.05, 3.63) is 89.2 Å². The van der Waals surface area contributed by atoms with Crippen molar-refractivity contribution in [1.82, 2.24) is 0 Å². The maximum absolute atomic E-state index is 13.7. The Labute approximate surface area is 166 Å². The van der Waals surface area contributed by atoms with Crippen molar-refractivity contribution in [2.75, 3.05) is 22.5 Å². The lowest BCUT2D eigenvalue weighted by Crippen LogP contribution is -2.23. The molecular weight excluding hydrogens is 381 g/mol. The number of carbonyl (C=O) groups is 2. The molecule has 5 nitrogen and oxygen atoms in total. The molecule has 0 atom stereocenters. The summed E-state index contributed by atoms with van der Waals surface area (Å²) in [5.41, 5.74) is 1.52. The summed E-state index contributed by atoms with van der Waals surface area (Å²) in [6, 6.07) is 19.8. The smallest absolute Gasteiger partial charge is 0.257 e. The van der Waals surface area contributed by atoms with Gasteiger partial charge in [-0.25, -0.2) is 4.39 Å². The zero-order chi connectivity index (χ0) is 19.9. The third-order valence-electron chi connectivity index (χ3n) is 3.85. The van der Waals surface area contributed by atoms with Crippen LogP contribution in [0.1, 0.15) is 10.4 Å². The van der Waals surface area contributed by atoms with E-state index in [0.717, 1.165) is 0 Å². The quantitative estimate of drug-likeness (QED) is 0.560. The molecule has 0 aliphatic rings. The van der Waals surface area contributed by atoms with Crippen LogP contribution in [-0.4, -0.2) is 18.4 Å². The normalized spacial score (nSPS) is 10.2. The van der Waals surface area contributed by atoms with E-state index in [0.29, 0.717) is 22.0 Å². The maximum Gasteiger partial charge on any atom is 0.257 e. The number of halogens is 2. The van der Waals surface area contributed by atoms with Crippen LogP contribution in [0.5, 0.6) is 0 Å². The average Bonchev–Trinajstić information content (AvgIpc) is 2.70. The Morgan fingerprint density at radius 3 is 2.36 bits per heavy atom. The number of nitrogens with one attached hydrogen (secondary N) is 3. The largest absolute Gasteiger partial charge is 0.376 e. The molecule has 0 fully saturated rings. The highest BCUT2D eigenvalue weighted by atomic mass is 35.5. The van der Waals surface area contributed by atoms with Gasteiger partial charge in [-0.15, -0.1) is 0 Å². The van der Waals surface area contributed by atoms with Crippen molar-refractivity contribution in [2.45, 2.75) is 0 Å². The Morgan fingerprint density at radius 1 is 0.857 bits per heavy atom. The predicted octanol–water partition coefficient (Wildman–Crippen LogP) is 4.78. The lowest BCUT2D eigenvalue weighted by Gasteiger charge is -2.13. The fourth-order valence-corrected chi connectivity index (χ4v) is 2.69. The van der Waals surface area contributed by atoms with Crippen LogP contribution in [0, 0.1) is 5.82 Å². The lowest BCUT2D eigenvalue weighted by atomic mass is 10.1. The number of anilines is 3. The van der Waals surface area contributed by atoms with Gasteiger partial charge < -0.3 is 16.0 Å². The summed E-state index contributed by atoms with van der Waals surface area (Å²) < 4.78 is 13.7. The van der Waals surface area contributed by atoms with Crippen molar-refractivity contribution in [2.24, 2.45) is 0 Å². The minimum atomic E-state index is -0.583. The van der Waals surface area contributed by atoms with Gasteiger partial charge in [0.2, 0.25) is 5.91 Å². The first-order valence-electron chi connectivity index (χ1n) is 8.47. The van der Waals surface area contributed by atoms with Gasteiger partial charge in [-0.2, -0.15) is 0 Å². The van der Waals surface area contributed by atoms with E-state index >= 15 is 0 Å². The van der Waals surface area contributed by atoms with Gasteiger partial charge in [0.1, 0.15) is 5.82 Å². The molecule has 0 bridgehead atoms. The summed E-state index contributed by atoms with van der Waals surface area (Å²) >= 11 is 5.82. The molecule has 28 heavy (non-hydrogen) atoms. The van der Waals surface area contributed by atoms with Crippen LogP contribution in [-0.2, 0) is 4.79 Å². The van der Waals surface area contributed by atoms with E-state index in [1.54, 1.807) is 36.4 Å². The summed E-state index contributed by atoms with van der Waals surface area (Å²) in [4.78, 5) is 24.7. The molecule has 0 unspecified atom stereocenters. The highest BCUT2D eigenvalue weighted by Gasteiger charge is 2.13. The molecule has 2 amide bonds. The monoisotopic (exact) mass is 397 g/mol. The summed E-state index contributed by atoms with van der Waals surface area (Å²) in [5.74, 6) is -1.37. The van der Waals surface area contributed by atoms with Crippen molar-refractivity contribution in [3.63, 3.8) is 0 Å². The van der Waals surface area contributed by atoms with Crippen molar-refractivity contribution in [1.29, 1.82) is 0 Å². The molecular formula is C21H17ClFN3O2. The first-order valence-corrected chi connectivity index (χ1v) is 8.85. The predicted molar refractivity (Wildman–Crippen MR) is 109 cm³/mol. The second-order valence-electron chi connectivity index (χ2n) is 5.89.